The van der Waals surface area contributed by atoms with Crippen molar-refractivity contribution < 1.29 is 13.2 Å². The van der Waals surface area contributed by atoms with E-state index in [0.717, 1.165) is 42.6 Å². The summed E-state index contributed by atoms with van der Waals surface area (Å²) in [5.41, 5.74) is 6.86. The molecule has 0 N–H and O–H groups in total. The number of nitrogens with zero attached hydrogens (tertiary/aromatic N) is 1. The van der Waals surface area contributed by atoms with Crippen LogP contribution in [0.5, 0.6) is 0 Å². The molecule has 1 aliphatic heterocycles. The molecule has 5 aromatic carbocycles. The van der Waals surface area contributed by atoms with Crippen molar-refractivity contribution in [1.29, 1.82) is 0 Å². The Morgan fingerprint density at radius 2 is 1.47 bits per heavy atom. The molecule has 0 aromatic heterocycles. The first-order valence-electron chi connectivity index (χ1n) is 15.5. The van der Waals surface area contributed by atoms with Crippen LogP contribution < -0.4 is 4.90 Å². The fourth-order valence-electron chi connectivity index (χ4n) is 8.90. The summed E-state index contributed by atoms with van der Waals surface area (Å²) in [4.78, 5) is 2.41. The highest BCUT2D eigenvalue weighted by atomic mass is 19.4. The molecule has 2 atom stereocenters. The van der Waals surface area contributed by atoms with Crippen LogP contribution in [0.25, 0.3) is 32.7 Å². The number of hydrogen-bond acceptors (Lipinski definition) is 1. The molecule has 5 aromatic rings. The second-order valence-corrected chi connectivity index (χ2v) is 14.1. The molecular formula is C39H36F3N. The molecule has 1 saturated carbocycles. The summed E-state index contributed by atoms with van der Waals surface area (Å²) in [5, 5.41) is 5.04. The lowest BCUT2D eigenvalue weighted by atomic mass is 9.57. The van der Waals surface area contributed by atoms with Crippen LogP contribution in [0.2, 0.25) is 0 Å². The van der Waals surface area contributed by atoms with E-state index in [4.69, 9.17) is 0 Å². The summed E-state index contributed by atoms with van der Waals surface area (Å²) in [7, 11) is 0. The van der Waals surface area contributed by atoms with Gasteiger partial charge in [-0.05, 0) is 111 Å². The van der Waals surface area contributed by atoms with E-state index in [1.807, 2.05) is 0 Å². The van der Waals surface area contributed by atoms with Gasteiger partial charge in [0.05, 0.1) is 5.56 Å². The average Bonchev–Trinajstić information content (AvgIpc) is 3.21. The van der Waals surface area contributed by atoms with Gasteiger partial charge in [0.25, 0.3) is 0 Å². The molecule has 1 fully saturated rings. The van der Waals surface area contributed by atoms with E-state index in [-0.39, 0.29) is 16.4 Å². The van der Waals surface area contributed by atoms with Crippen molar-refractivity contribution in [3.8, 4) is 11.1 Å². The van der Waals surface area contributed by atoms with E-state index in [0.29, 0.717) is 6.42 Å². The lowest BCUT2D eigenvalue weighted by molar-refractivity contribution is -0.137. The van der Waals surface area contributed by atoms with Crippen LogP contribution in [0.1, 0.15) is 75.6 Å². The van der Waals surface area contributed by atoms with Gasteiger partial charge in [-0.3, -0.25) is 0 Å². The Balaban J connectivity index is 1.34. The van der Waals surface area contributed by atoms with Gasteiger partial charge in [-0.2, -0.15) is 13.2 Å². The van der Waals surface area contributed by atoms with E-state index in [1.165, 1.54) is 55.9 Å². The maximum absolute atomic E-state index is 13.8. The molecule has 2 unspecified atom stereocenters. The first-order valence-corrected chi connectivity index (χ1v) is 15.5. The topological polar surface area (TPSA) is 3.24 Å². The Hall–Kier alpha value is -3.79. The van der Waals surface area contributed by atoms with Gasteiger partial charge in [-0.15, -0.1) is 0 Å². The Labute approximate surface area is 251 Å². The van der Waals surface area contributed by atoms with Gasteiger partial charge in [0.2, 0.25) is 0 Å². The quantitative estimate of drug-likeness (QED) is 0.180. The lowest BCUT2D eigenvalue weighted by Gasteiger charge is -2.60. The van der Waals surface area contributed by atoms with Crippen LogP contribution in [-0.2, 0) is 18.0 Å². The number of hydrogen-bond donors (Lipinski definition) is 0. The molecule has 43 heavy (non-hydrogen) atoms. The van der Waals surface area contributed by atoms with Gasteiger partial charge in [0, 0.05) is 22.3 Å². The predicted octanol–water partition coefficient (Wildman–Crippen LogP) is 11.4. The van der Waals surface area contributed by atoms with Crippen LogP contribution in [-0.4, -0.2) is 5.54 Å². The standard InChI is InChI=1S/C39H36F3N/c1-36(2)32-17-16-29-28-10-6-5-9-24(28)11-14-30(29)35(32)31-15-13-27(22-33(31)36)43-34-18-12-26(39(40,41)42)21-25(34)23-37(3)19-7-8-20-38(37,43)4/h5-6,9-18,21-22H,7-8,19-20,23H2,1-4H3. The van der Waals surface area contributed by atoms with Crippen molar-refractivity contribution in [3.63, 3.8) is 0 Å². The minimum Gasteiger partial charge on any atom is -0.335 e. The summed E-state index contributed by atoms with van der Waals surface area (Å²) in [6.45, 7) is 9.26. The zero-order chi connectivity index (χ0) is 29.9. The molecule has 0 spiro atoms. The van der Waals surface area contributed by atoms with Gasteiger partial charge < -0.3 is 4.90 Å². The minimum atomic E-state index is -4.36. The van der Waals surface area contributed by atoms with Crippen molar-refractivity contribution in [3.05, 3.63) is 107 Å². The number of anilines is 2. The second kappa shape index (κ2) is 8.65. The first kappa shape index (κ1) is 26.8. The van der Waals surface area contributed by atoms with Gasteiger partial charge in [-0.25, -0.2) is 0 Å². The van der Waals surface area contributed by atoms with Crippen LogP contribution in [0.3, 0.4) is 0 Å². The van der Waals surface area contributed by atoms with Crippen molar-refractivity contribution in [1.82, 2.24) is 0 Å². The molecular weight excluding hydrogens is 539 g/mol. The van der Waals surface area contributed by atoms with Crippen LogP contribution >= 0.6 is 0 Å². The summed E-state index contributed by atoms with van der Waals surface area (Å²) < 4.78 is 41.5. The van der Waals surface area contributed by atoms with E-state index < -0.39 is 11.7 Å². The summed E-state index contributed by atoms with van der Waals surface area (Å²) >= 11 is 0. The van der Waals surface area contributed by atoms with Crippen molar-refractivity contribution in [2.75, 3.05) is 4.90 Å². The largest absolute Gasteiger partial charge is 0.416 e. The smallest absolute Gasteiger partial charge is 0.335 e. The summed E-state index contributed by atoms with van der Waals surface area (Å²) in [5.74, 6) is 0. The zero-order valence-corrected chi connectivity index (χ0v) is 25.2. The number of benzene rings is 5. The highest BCUT2D eigenvalue weighted by Crippen LogP contribution is 2.59. The number of halogens is 3. The van der Waals surface area contributed by atoms with E-state index in [2.05, 4.69) is 99.3 Å². The molecule has 0 saturated heterocycles. The number of fused-ring (bicyclic) bond motifs is 9. The Morgan fingerprint density at radius 3 is 2.28 bits per heavy atom. The maximum atomic E-state index is 13.8. The molecule has 1 nitrogen and oxygen atoms in total. The minimum absolute atomic E-state index is 0.128. The maximum Gasteiger partial charge on any atom is 0.416 e. The summed E-state index contributed by atoms with van der Waals surface area (Å²) in [6, 6.07) is 28.9. The van der Waals surface area contributed by atoms with Crippen LogP contribution in [0.15, 0.2) is 84.9 Å². The fourth-order valence-corrected chi connectivity index (χ4v) is 8.90. The van der Waals surface area contributed by atoms with E-state index >= 15 is 0 Å². The van der Waals surface area contributed by atoms with Gasteiger partial charge >= 0.3 is 6.18 Å². The van der Waals surface area contributed by atoms with Crippen molar-refractivity contribution in [2.45, 2.75) is 76.9 Å². The normalized spacial score (nSPS) is 24.0. The van der Waals surface area contributed by atoms with Crippen molar-refractivity contribution >= 4 is 32.9 Å². The molecule has 8 rings (SSSR count). The third kappa shape index (κ3) is 3.59. The molecule has 218 valence electrons. The lowest BCUT2D eigenvalue weighted by Crippen LogP contribution is -2.60. The fraction of sp³-hybridized carbons (Fsp3) is 0.333. The van der Waals surface area contributed by atoms with Gasteiger partial charge in [-0.1, -0.05) is 88.2 Å². The highest BCUT2D eigenvalue weighted by molar-refractivity contribution is 6.14. The SMILES string of the molecule is CC1(C)c2cc(N3c4ccc(C(F)(F)F)cc4CC4(C)CCCCC34C)ccc2-c2c1ccc1c2ccc2ccccc21. The molecule has 3 aliphatic rings. The molecule has 0 bridgehead atoms. The summed E-state index contributed by atoms with van der Waals surface area (Å²) in [6.07, 6.45) is 0.579. The molecule has 0 amide bonds. The third-order valence-electron chi connectivity index (χ3n) is 11.5. The molecule has 4 heteroatoms. The van der Waals surface area contributed by atoms with E-state index in [1.54, 1.807) is 6.07 Å². The Morgan fingerprint density at radius 1 is 0.698 bits per heavy atom. The van der Waals surface area contributed by atoms with Crippen LogP contribution in [0, 0.1) is 5.41 Å². The Kier molecular flexibility index (Phi) is 5.39. The molecule has 1 heterocycles. The average molecular weight is 576 g/mol. The highest BCUT2D eigenvalue weighted by Gasteiger charge is 2.54. The molecule has 0 radical (unpaired) electrons. The van der Waals surface area contributed by atoms with Crippen molar-refractivity contribution in [2.24, 2.45) is 5.41 Å². The zero-order valence-electron chi connectivity index (χ0n) is 25.2. The van der Waals surface area contributed by atoms with Gasteiger partial charge in [0.15, 0.2) is 0 Å². The third-order valence-corrected chi connectivity index (χ3v) is 11.5. The number of alkyl halides is 3. The Bertz CT molecular complexity index is 1970. The second-order valence-electron chi connectivity index (χ2n) is 14.1. The monoisotopic (exact) mass is 575 g/mol. The number of rotatable bonds is 1. The molecule has 2 aliphatic carbocycles. The first-order chi connectivity index (χ1) is 20.4. The van der Waals surface area contributed by atoms with E-state index in [9.17, 15) is 13.2 Å². The van der Waals surface area contributed by atoms with Crippen LogP contribution in [0.4, 0.5) is 24.5 Å². The van der Waals surface area contributed by atoms with Gasteiger partial charge in [0.1, 0.15) is 0 Å². The predicted molar refractivity (Wildman–Crippen MR) is 171 cm³/mol.